The Bertz CT molecular complexity index is 1110. The van der Waals surface area contributed by atoms with Crippen molar-refractivity contribution in [2.75, 3.05) is 23.7 Å². The second-order valence-corrected chi connectivity index (χ2v) is 11.2. The number of rotatable bonds is 12. The summed E-state index contributed by atoms with van der Waals surface area (Å²) in [6, 6.07) is 14.1. The molecule has 2 aromatic rings. The Hall–Kier alpha value is -2.87. The van der Waals surface area contributed by atoms with Gasteiger partial charge < -0.3 is 10.2 Å². The summed E-state index contributed by atoms with van der Waals surface area (Å²) in [6.07, 6.45) is 2.89. The molecule has 0 aliphatic carbocycles. The summed E-state index contributed by atoms with van der Waals surface area (Å²) >= 11 is 0. The number of carbonyl (C=O) groups excluding carboxylic acids is 2. The van der Waals surface area contributed by atoms with Crippen molar-refractivity contribution >= 4 is 27.5 Å². The molecule has 0 bridgehead atoms. The van der Waals surface area contributed by atoms with Gasteiger partial charge in [-0.1, -0.05) is 69.7 Å². The fourth-order valence-electron chi connectivity index (χ4n) is 3.89. The minimum Gasteiger partial charge on any atom is -0.354 e. The molecule has 8 heteroatoms. The van der Waals surface area contributed by atoms with Gasteiger partial charge >= 0.3 is 0 Å². The van der Waals surface area contributed by atoms with Crippen LogP contribution in [0.3, 0.4) is 0 Å². The van der Waals surface area contributed by atoms with E-state index in [-0.39, 0.29) is 24.9 Å². The second-order valence-electron chi connectivity index (χ2n) is 9.25. The summed E-state index contributed by atoms with van der Waals surface area (Å²) in [5, 5.41) is 2.89. The molecule has 1 atom stereocenters. The highest BCUT2D eigenvalue weighted by atomic mass is 32.2. The van der Waals surface area contributed by atoms with Gasteiger partial charge in [-0.3, -0.25) is 13.9 Å². The standard InChI is InChI=1S/C27H39N3O4S/c1-7-8-17-28-27(32)22(5)29(18-23-14-10-9-13-21(23)4)26(31)19-30(35(6,33)34)25-16-12-11-15-24(25)20(2)3/h9-16,20,22H,7-8,17-19H2,1-6H3,(H,28,32)/t22-/m0/s1. The number of anilines is 1. The lowest BCUT2D eigenvalue weighted by atomic mass is 10.0. The molecule has 0 unspecified atom stereocenters. The smallest absolute Gasteiger partial charge is 0.244 e. The third-order valence-corrected chi connectivity index (χ3v) is 7.23. The summed E-state index contributed by atoms with van der Waals surface area (Å²) in [5.74, 6) is -0.624. The van der Waals surface area contributed by atoms with Crippen LogP contribution in [0.1, 0.15) is 63.1 Å². The van der Waals surface area contributed by atoms with Gasteiger partial charge in [-0.2, -0.15) is 0 Å². The molecule has 0 aromatic heterocycles. The van der Waals surface area contributed by atoms with Gasteiger partial charge in [0.1, 0.15) is 12.6 Å². The lowest BCUT2D eigenvalue weighted by Gasteiger charge is -2.32. The van der Waals surface area contributed by atoms with E-state index in [1.54, 1.807) is 19.1 Å². The second kappa shape index (κ2) is 12.7. The summed E-state index contributed by atoms with van der Waals surface area (Å²) in [7, 11) is -3.76. The van der Waals surface area contributed by atoms with Crippen molar-refractivity contribution in [3.05, 3.63) is 65.2 Å². The summed E-state index contributed by atoms with van der Waals surface area (Å²) in [4.78, 5) is 28.1. The molecule has 2 rings (SSSR count). The number of carbonyl (C=O) groups is 2. The van der Waals surface area contributed by atoms with E-state index < -0.39 is 22.0 Å². The Labute approximate surface area is 210 Å². The van der Waals surface area contributed by atoms with Crippen molar-refractivity contribution in [3.8, 4) is 0 Å². The highest BCUT2D eigenvalue weighted by Crippen LogP contribution is 2.29. The molecule has 0 fully saturated rings. The third-order valence-electron chi connectivity index (χ3n) is 6.11. The monoisotopic (exact) mass is 501 g/mol. The predicted octanol–water partition coefficient (Wildman–Crippen LogP) is 4.22. The van der Waals surface area contributed by atoms with Crippen LogP contribution >= 0.6 is 0 Å². The Morgan fingerprint density at radius 2 is 1.63 bits per heavy atom. The Kier molecular flexibility index (Phi) is 10.3. The van der Waals surface area contributed by atoms with Crippen LogP contribution in [0.15, 0.2) is 48.5 Å². The van der Waals surface area contributed by atoms with Gasteiger partial charge in [0, 0.05) is 13.1 Å². The molecule has 0 saturated heterocycles. The molecular formula is C27H39N3O4S. The number of hydrogen-bond donors (Lipinski definition) is 1. The minimum atomic E-state index is -3.76. The van der Waals surface area contributed by atoms with Crippen LogP contribution < -0.4 is 9.62 Å². The molecule has 1 N–H and O–H groups in total. The lowest BCUT2D eigenvalue weighted by Crippen LogP contribution is -2.51. The molecule has 35 heavy (non-hydrogen) atoms. The summed E-state index contributed by atoms with van der Waals surface area (Å²) < 4.78 is 26.8. The molecule has 0 saturated carbocycles. The maximum Gasteiger partial charge on any atom is 0.244 e. The van der Waals surface area contributed by atoms with Crippen LogP contribution in [0.2, 0.25) is 0 Å². The van der Waals surface area contributed by atoms with Gasteiger partial charge in [-0.25, -0.2) is 8.42 Å². The first-order valence-corrected chi connectivity index (χ1v) is 14.0. The highest BCUT2D eigenvalue weighted by Gasteiger charge is 2.31. The van der Waals surface area contributed by atoms with Crippen molar-refractivity contribution in [2.24, 2.45) is 0 Å². The van der Waals surface area contributed by atoms with Crippen molar-refractivity contribution in [3.63, 3.8) is 0 Å². The number of benzene rings is 2. The van der Waals surface area contributed by atoms with Crippen molar-refractivity contribution in [1.82, 2.24) is 10.2 Å². The normalized spacial score (nSPS) is 12.3. The number of para-hydroxylation sites is 1. The van der Waals surface area contributed by atoms with Gasteiger partial charge in [0.15, 0.2) is 0 Å². The van der Waals surface area contributed by atoms with E-state index in [0.717, 1.165) is 40.1 Å². The van der Waals surface area contributed by atoms with Crippen molar-refractivity contribution < 1.29 is 18.0 Å². The zero-order valence-corrected chi connectivity index (χ0v) is 22.6. The van der Waals surface area contributed by atoms with Crippen LogP contribution in [-0.2, 0) is 26.2 Å². The maximum absolute atomic E-state index is 13.7. The number of sulfonamides is 1. The van der Waals surface area contributed by atoms with Crippen LogP contribution in [0.25, 0.3) is 0 Å². The molecule has 0 radical (unpaired) electrons. The quantitative estimate of drug-likeness (QED) is 0.441. The Morgan fingerprint density at radius 3 is 2.23 bits per heavy atom. The number of nitrogens with one attached hydrogen (secondary N) is 1. The number of nitrogens with zero attached hydrogens (tertiary/aromatic N) is 2. The third kappa shape index (κ3) is 7.82. The Morgan fingerprint density at radius 1 is 1.00 bits per heavy atom. The molecule has 0 heterocycles. The lowest BCUT2D eigenvalue weighted by molar-refractivity contribution is -0.139. The first-order valence-electron chi connectivity index (χ1n) is 12.2. The topological polar surface area (TPSA) is 86.8 Å². The van der Waals surface area contributed by atoms with E-state index in [1.165, 1.54) is 4.90 Å². The zero-order valence-electron chi connectivity index (χ0n) is 21.7. The Balaban J connectivity index is 2.43. The molecule has 0 aliphatic heterocycles. The van der Waals surface area contributed by atoms with Crippen molar-refractivity contribution in [2.45, 2.75) is 66.0 Å². The van der Waals surface area contributed by atoms with E-state index in [2.05, 4.69) is 5.32 Å². The van der Waals surface area contributed by atoms with E-state index in [9.17, 15) is 18.0 Å². The number of aryl methyl sites for hydroxylation is 1. The average molecular weight is 502 g/mol. The SMILES string of the molecule is CCCCNC(=O)[C@H](C)N(Cc1ccccc1C)C(=O)CN(c1ccccc1C(C)C)S(C)(=O)=O. The highest BCUT2D eigenvalue weighted by molar-refractivity contribution is 7.92. The minimum absolute atomic E-state index is 0.0666. The first kappa shape index (κ1) is 28.4. The van der Waals surface area contributed by atoms with E-state index in [0.29, 0.717) is 12.2 Å². The van der Waals surface area contributed by atoms with Crippen LogP contribution in [0, 0.1) is 6.92 Å². The molecule has 192 valence electrons. The fraction of sp³-hybridized carbons (Fsp3) is 0.481. The molecule has 0 aliphatic rings. The molecule has 0 spiro atoms. The number of amides is 2. The maximum atomic E-state index is 13.7. The van der Waals surface area contributed by atoms with E-state index >= 15 is 0 Å². The number of unbranched alkanes of at least 4 members (excludes halogenated alkanes) is 1. The van der Waals surface area contributed by atoms with Gasteiger partial charge in [0.2, 0.25) is 21.8 Å². The van der Waals surface area contributed by atoms with Gasteiger partial charge in [-0.05, 0) is 48.9 Å². The predicted molar refractivity (Wildman–Crippen MR) is 142 cm³/mol. The molecule has 2 amide bonds. The summed E-state index contributed by atoms with van der Waals surface area (Å²) in [5.41, 5.74) is 3.22. The molecule has 7 nitrogen and oxygen atoms in total. The number of hydrogen-bond acceptors (Lipinski definition) is 4. The van der Waals surface area contributed by atoms with Crippen molar-refractivity contribution in [1.29, 1.82) is 0 Å². The zero-order chi connectivity index (χ0) is 26.2. The largest absolute Gasteiger partial charge is 0.354 e. The van der Waals surface area contributed by atoms with Gasteiger partial charge in [0.25, 0.3) is 0 Å². The van der Waals surface area contributed by atoms with E-state index in [1.807, 2.05) is 64.1 Å². The van der Waals surface area contributed by atoms with E-state index in [4.69, 9.17) is 0 Å². The van der Waals surface area contributed by atoms with Crippen LogP contribution in [0.4, 0.5) is 5.69 Å². The van der Waals surface area contributed by atoms with Crippen LogP contribution in [-0.4, -0.2) is 50.5 Å². The fourth-order valence-corrected chi connectivity index (χ4v) is 4.76. The molecular weight excluding hydrogens is 462 g/mol. The first-order chi connectivity index (χ1) is 16.5. The van der Waals surface area contributed by atoms with Crippen LogP contribution in [0.5, 0.6) is 0 Å². The van der Waals surface area contributed by atoms with Gasteiger partial charge in [-0.15, -0.1) is 0 Å². The van der Waals surface area contributed by atoms with Gasteiger partial charge in [0.05, 0.1) is 11.9 Å². The molecule has 2 aromatic carbocycles. The summed E-state index contributed by atoms with van der Waals surface area (Å²) in [6.45, 7) is 9.98. The average Bonchev–Trinajstić information content (AvgIpc) is 2.80.